The van der Waals surface area contributed by atoms with Gasteiger partial charge < -0.3 is 15.0 Å². The first-order valence-electron chi connectivity index (χ1n) is 6.97. The lowest BCUT2D eigenvalue weighted by atomic mass is 10.1. The molecule has 0 radical (unpaired) electrons. The van der Waals surface area contributed by atoms with Gasteiger partial charge in [-0.2, -0.15) is 0 Å². The highest BCUT2D eigenvalue weighted by molar-refractivity contribution is 6.36. The SMILES string of the molecule is COc1cc(Cl)c(N2C(=O)N[C@@H](Cc3cnc[nH]3)C2=O)cc1C. The number of aryl methyl sites for hydroxylation is 1. The zero-order valence-electron chi connectivity index (χ0n) is 12.6. The minimum absolute atomic E-state index is 0.276. The van der Waals surface area contributed by atoms with E-state index in [1.54, 1.807) is 18.3 Å². The van der Waals surface area contributed by atoms with Crippen LogP contribution in [0.3, 0.4) is 0 Å². The van der Waals surface area contributed by atoms with Crippen LogP contribution in [-0.4, -0.2) is 35.1 Å². The molecule has 1 aromatic heterocycles. The zero-order chi connectivity index (χ0) is 16.6. The van der Waals surface area contributed by atoms with Gasteiger partial charge in [-0.05, 0) is 18.6 Å². The van der Waals surface area contributed by atoms with Crippen LogP contribution in [0.2, 0.25) is 5.02 Å². The number of H-pyrrole nitrogens is 1. The Balaban J connectivity index is 1.90. The largest absolute Gasteiger partial charge is 0.496 e. The molecule has 1 saturated heterocycles. The summed E-state index contributed by atoms with van der Waals surface area (Å²) >= 11 is 6.21. The number of amides is 3. The number of aromatic amines is 1. The number of rotatable bonds is 4. The van der Waals surface area contributed by atoms with Crippen molar-refractivity contribution in [2.45, 2.75) is 19.4 Å². The van der Waals surface area contributed by atoms with Crippen molar-refractivity contribution in [2.75, 3.05) is 12.0 Å². The van der Waals surface area contributed by atoms with E-state index in [0.29, 0.717) is 17.9 Å². The van der Waals surface area contributed by atoms with Crippen molar-refractivity contribution < 1.29 is 14.3 Å². The summed E-state index contributed by atoms with van der Waals surface area (Å²) in [5, 5.41) is 2.94. The lowest BCUT2D eigenvalue weighted by molar-refractivity contribution is -0.118. The number of nitrogens with zero attached hydrogens (tertiary/aromatic N) is 2. The molecular formula is C15H15ClN4O3. The third-order valence-corrected chi connectivity index (χ3v) is 4.01. The number of urea groups is 1. The van der Waals surface area contributed by atoms with Gasteiger partial charge in [-0.1, -0.05) is 11.6 Å². The molecule has 1 atom stereocenters. The van der Waals surface area contributed by atoms with Crippen LogP contribution in [0.15, 0.2) is 24.7 Å². The maximum absolute atomic E-state index is 12.6. The van der Waals surface area contributed by atoms with Crippen LogP contribution in [0, 0.1) is 6.92 Å². The van der Waals surface area contributed by atoms with E-state index in [2.05, 4.69) is 15.3 Å². The van der Waals surface area contributed by atoms with Crippen LogP contribution in [0.5, 0.6) is 5.75 Å². The number of ether oxygens (including phenoxy) is 1. The highest BCUT2D eigenvalue weighted by Crippen LogP contribution is 2.34. The van der Waals surface area contributed by atoms with Gasteiger partial charge in [-0.15, -0.1) is 0 Å². The van der Waals surface area contributed by atoms with Crippen molar-refractivity contribution in [3.05, 3.63) is 40.9 Å². The minimum atomic E-state index is -0.651. The number of anilines is 1. The van der Waals surface area contributed by atoms with Crippen LogP contribution in [0.4, 0.5) is 10.5 Å². The Hall–Kier alpha value is -2.54. The van der Waals surface area contributed by atoms with E-state index in [-0.39, 0.29) is 10.9 Å². The van der Waals surface area contributed by atoms with Crippen LogP contribution in [0.25, 0.3) is 0 Å². The summed E-state index contributed by atoms with van der Waals surface area (Å²) in [6.45, 7) is 1.82. The van der Waals surface area contributed by atoms with Gasteiger partial charge >= 0.3 is 6.03 Å². The summed E-state index contributed by atoms with van der Waals surface area (Å²) in [5.41, 5.74) is 1.90. The van der Waals surface area contributed by atoms with E-state index in [4.69, 9.17) is 16.3 Å². The standard InChI is InChI=1S/C15H15ClN4O3/c1-8-3-12(10(16)5-13(8)23-2)20-14(21)11(19-15(20)22)4-9-6-17-7-18-9/h3,5-7,11H,4H2,1-2H3,(H,17,18)(H,19,22)/t11-/m0/s1. The summed E-state index contributed by atoms with van der Waals surface area (Å²) < 4.78 is 5.19. The van der Waals surface area contributed by atoms with E-state index in [9.17, 15) is 9.59 Å². The molecule has 3 amide bonds. The third-order valence-electron chi connectivity index (χ3n) is 3.70. The number of methoxy groups -OCH3 is 1. The van der Waals surface area contributed by atoms with Gasteiger partial charge in [-0.3, -0.25) is 4.79 Å². The summed E-state index contributed by atoms with van der Waals surface area (Å²) in [5.74, 6) is 0.246. The molecule has 0 bridgehead atoms. The normalized spacial score (nSPS) is 17.5. The second-order valence-electron chi connectivity index (χ2n) is 5.23. The topological polar surface area (TPSA) is 87.3 Å². The Kier molecular flexibility index (Phi) is 3.96. The quantitative estimate of drug-likeness (QED) is 0.838. The maximum atomic E-state index is 12.6. The van der Waals surface area contributed by atoms with Crippen molar-refractivity contribution in [3.63, 3.8) is 0 Å². The minimum Gasteiger partial charge on any atom is -0.496 e. The number of imidazole rings is 1. The lowest BCUT2D eigenvalue weighted by Crippen LogP contribution is -2.32. The third kappa shape index (κ3) is 2.75. The van der Waals surface area contributed by atoms with Gasteiger partial charge in [0.25, 0.3) is 5.91 Å². The van der Waals surface area contributed by atoms with Crippen LogP contribution in [0.1, 0.15) is 11.3 Å². The summed E-state index contributed by atoms with van der Waals surface area (Å²) in [4.78, 5) is 32.7. The van der Waals surface area contributed by atoms with Crippen molar-refractivity contribution in [1.82, 2.24) is 15.3 Å². The number of carbonyl (C=O) groups excluding carboxylic acids is 2. The van der Waals surface area contributed by atoms with Gasteiger partial charge in [0.15, 0.2) is 0 Å². The molecule has 0 saturated carbocycles. The van der Waals surface area contributed by atoms with Crippen molar-refractivity contribution in [1.29, 1.82) is 0 Å². The fourth-order valence-electron chi connectivity index (χ4n) is 2.55. The van der Waals surface area contributed by atoms with Crippen molar-refractivity contribution >= 4 is 29.2 Å². The number of nitrogens with one attached hydrogen (secondary N) is 2. The molecule has 1 aromatic carbocycles. The summed E-state index contributed by atoms with van der Waals surface area (Å²) in [7, 11) is 1.53. The highest BCUT2D eigenvalue weighted by Gasteiger charge is 2.40. The molecule has 8 heteroatoms. The smallest absolute Gasteiger partial charge is 0.329 e. The number of halogens is 1. The molecule has 0 spiro atoms. The molecule has 2 N–H and O–H groups in total. The first-order valence-corrected chi connectivity index (χ1v) is 7.35. The molecule has 3 rings (SSSR count). The summed E-state index contributed by atoms with van der Waals surface area (Å²) in [6.07, 6.45) is 3.48. The molecule has 0 aliphatic carbocycles. The molecule has 1 aliphatic heterocycles. The van der Waals surface area contributed by atoms with Gasteiger partial charge in [0, 0.05) is 24.4 Å². The Morgan fingerprint density at radius 1 is 1.39 bits per heavy atom. The van der Waals surface area contributed by atoms with E-state index in [1.807, 2.05) is 6.92 Å². The van der Waals surface area contributed by atoms with Crippen molar-refractivity contribution in [3.8, 4) is 5.75 Å². The second kappa shape index (κ2) is 5.92. The Labute approximate surface area is 137 Å². The molecule has 2 aromatic rings. The fraction of sp³-hybridized carbons (Fsp3) is 0.267. The molecule has 120 valence electrons. The van der Waals surface area contributed by atoms with Crippen LogP contribution in [-0.2, 0) is 11.2 Å². The predicted octanol–water partition coefficient (Wildman–Crippen LogP) is 2.05. The zero-order valence-corrected chi connectivity index (χ0v) is 13.3. The number of hydrogen-bond donors (Lipinski definition) is 2. The second-order valence-corrected chi connectivity index (χ2v) is 5.64. The average molecular weight is 335 g/mol. The van der Waals surface area contributed by atoms with Gasteiger partial charge in [0.1, 0.15) is 11.8 Å². The molecule has 1 fully saturated rings. The lowest BCUT2D eigenvalue weighted by Gasteiger charge is -2.17. The Morgan fingerprint density at radius 3 is 2.83 bits per heavy atom. The van der Waals surface area contributed by atoms with Gasteiger partial charge in [0.05, 0.1) is 24.1 Å². The van der Waals surface area contributed by atoms with Crippen LogP contribution < -0.4 is 15.0 Å². The van der Waals surface area contributed by atoms with Crippen molar-refractivity contribution in [2.24, 2.45) is 0 Å². The van der Waals surface area contributed by atoms with Gasteiger partial charge in [0.2, 0.25) is 0 Å². The number of hydrogen-bond acceptors (Lipinski definition) is 4. The van der Waals surface area contributed by atoms with Crippen LogP contribution >= 0.6 is 11.6 Å². The average Bonchev–Trinajstić information content (AvgIpc) is 3.11. The fourth-order valence-corrected chi connectivity index (χ4v) is 2.79. The summed E-state index contributed by atoms with van der Waals surface area (Å²) in [6, 6.07) is 2.11. The first kappa shape index (κ1) is 15.4. The monoisotopic (exact) mass is 334 g/mol. The number of benzene rings is 1. The van der Waals surface area contributed by atoms with E-state index in [0.717, 1.165) is 16.2 Å². The number of carbonyl (C=O) groups is 2. The van der Waals surface area contributed by atoms with E-state index < -0.39 is 12.1 Å². The molecule has 2 heterocycles. The number of imide groups is 1. The molecule has 23 heavy (non-hydrogen) atoms. The first-order chi connectivity index (χ1) is 11.0. The molecular weight excluding hydrogens is 320 g/mol. The Morgan fingerprint density at radius 2 is 2.17 bits per heavy atom. The van der Waals surface area contributed by atoms with E-state index >= 15 is 0 Å². The van der Waals surface area contributed by atoms with Gasteiger partial charge in [-0.25, -0.2) is 14.7 Å². The van der Waals surface area contributed by atoms with E-state index in [1.165, 1.54) is 13.4 Å². The molecule has 0 unspecified atom stereocenters. The highest BCUT2D eigenvalue weighted by atomic mass is 35.5. The number of aromatic nitrogens is 2. The maximum Gasteiger partial charge on any atom is 0.329 e. The Bertz CT molecular complexity index is 760. The molecule has 7 nitrogen and oxygen atoms in total. The molecule has 1 aliphatic rings. The predicted molar refractivity (Wildman–Crippen MR) is 84.8 cm³/mol.